The highest BCUT2D eigenvalue weighted by Crippen LogP contribution is 2.36. The lowest BCUT2D eigenvalue weighted by Gasteiger charge is -2.12. The van der Waals surface area contributed by atoms with Gasteiger partial charge >= 0.3 is 0 Å². The second-order valence-corrected chi connectivity index (χ2v) is 11.2. The van der Waals surface area contributed by atoms with Crippen molar-refractivity contribution in [1.29, 1.82) is 0 Å². The lowest BCUT2D eigenvalue weighted by Crippen LogP contribution is -2.27. The van der Waals surface area contributed by atoms with E-state index in [0.717, 1.165) is 44.7 Å². The molecule has 2 amide bonds. The maximum absolute atomic E-state index is 13.2. The third-order valence-corrected chi connectivity index (χ3v) is 8.32. The molecule has 1 fully saturated rings. The number of aryl methyl sites for hydroxylation is 1. The normalized spacial score (nSPS) is 15.0. The van der Waals surface area contributed by atoms with Crippen molar-refractivity contribution in [2.45, 2.75) is 26.4 Å². The number of carbonyl (C=O) groups is 2. The number of hydrogen-bond acceptors (Lipinski definition) is 3. The molecular weight excluding hydrogens is 579 g/mol. The summed E-state index contributed by atoms with van der Waals surface area (Å²) in [6, 6.07) is 19.6. The Hall–Kier alpha value is -2.51. The Bertz CT molecular complexity index is 1530. The van der Waals surface area contributed by atoms with Crippen LogP contribution in [0.2, 0.25) is 10.0 Å². The summed E-state index contributed by atoms with van der Waals surface area (Å²) < 4.78 is 3.26. The van der Waals surface area contributed by atoms with Crippen molar-refractivity contribution in [2.75, 3.05) is 0 Å². The third kappa shape index (κ3) is 5.00. The highest BCUT2D eigenvalue weighted by Gasteiger charge is 2.35. The fourth-order valence-electron chi connectivity index (χ4n) is 4.38. The van der Waals surface area contributed by atoms with Gasteiger partial charge in [0.05, 0.1) is 27.0 Å². The number of fused-ring (bicyclic) bond motifs is 1. The SMILES string of the molecule is CCc1cccc2c(/C=C3\SC(=O)N(Cc4ccc(Cl)c(Cl)c4)C3=O)cn(Cc3ccc(Br)cc3)c12. The highest BCUT2D eigenvalue weighted by molar-refractivity contribution is 9.10. The summed E-state index contributed by atoms with van der Waals surface area (Å²) in [6.45, 7) is 2.98. The zero-order chi connectivity index (χ0) is 25.4. The molecule has 0 saturated carbocycles. The van der Waals surface area contributed by atoms with Gasteiger partial charge < -0.3 is 4.57 Å². The minimum Gasteiger partial charge on any atom is -0.342 e. The first-order valence-corrected chi connectivity index (χ1v) is 13.7. The predicted octanol–water partition coefficient (Wildman–Crippen LogP) is 8.56. The number of imide groups is 1. The quantitative estimate of drug-likeness (QED) is 0.208. The molecule has 1 aliphatic heterocycles. The lowest BCUT2D eigenvalue weighted by molar-refractivity contribution is -0.123. The number of nitrogens with zero attached hydrogens (tertiary/aromatic N) is 2. The molecule has 5 rings (SSSR count). The second-order valence-electron chi connectivity index (χ2n) is 8.52. The van der Waals surface area contributed by atoms with E-state index in [1.165, 1.54) is 16.0 Å². The molecule has 0 aliphatic carbocycles. The highest BCUT2D eigenvalue weighted by atomic mass is 79.9. The number of para-hydroxylation sites is 1. The molecule has 36 heavy (non-hydrogen) atoms. The van der Waals surface area contributed by atoms with Crippen molar-refractivity contribution in [3.8, 4) is 0 Å². The average molecular weight is 600 g/mol. The van der Waals surface area contributed by atoms with Gasteiger partial charge in [-0.2, -0.15) is 0 Å². The van der Waals surface area contributed by atoms with Gasteiger partial charge in [0.15, 0.2) is 0 Å². The summed E-state index contributed by atoms with van der Waals surface area (Å²) in [6.07, 6.45) is 4.79. The average Bonchev–Trinajstić information content (AvgIpc) is 3.34. The van der Waals surface area contributed by atoms with Gasteiger partial charge in [0.2, 0.25) is 0 Å². The lowest BCUT2D eigenvalue weighted by atomic mass is 10.1. The number of benzene rings is 3. The molecule has 0 radical (unpaired) electrons. The molecule has 182 valence electrons. The number of rotatable bonds is 6. The van der Waals surface area contributed by atoms with Crippen molar-refractivity contribution in [1.82, 2.24) is 9.47 Å². The van der Waals surface area contributed by atoms with E-state index in [9.17, 15) is 9.59 Å². The molecule has 8 heteroatoms. The number of aromatic nitrogens is 1. The van der Waals surface area contributed by atoms with Crippen LogP contribution in [0.3, 0.4) is 0 Å². The van der Waals surface area contributed by atoms with Crippen molar-refractivity contribution in [3.63, 3.8) is 0 Å². The van der Waals surface area contributed by atoms with Crippen LogP contribution < -0.4 is 0 Å². The maximum atomic E-state index is 13.2. The van der Waals surface area contributed by atoms with E-state index in [0.29, 0.717) is 21.5 Å². The maximum Gasteiger partial charge on any atom is 0.293 e. The summed E-state index contributed by atoms with van der Waals surface area (Å²) in [5.74, 6) is -0.309. The summed E-state index contributed by atoms with van der Waals surface area (Å²) in [7, 11) is 0. The summed E-state index contributed by atoms with van der Waals surface area (Å²) in [5.41, 5.74) is 5.21. The number of carbonyl (C=O) groups excluding carboxylic acids is 2. The van der Waals surface area contributed by atoms with Gasteiger partial charge in [-0.25, -0.2) is 0 Å². The molecule has 1 aromatic heterocycles. The molecule has 0 unspecified atom stereocenters. The van der Waals surface area contributed by atoms with E-state index in [2.05, 4.69) is 57.9 Å². The zero-order valence-electron chi connectivity index (χ0n) is 19.3. The van der Waals surface area contributed by atoms with Gasteiger partial charge in [-0.05, 0) is 65.2 Å². The third-order valence-electron chi connectivity index (χ3n) is 6.14. The van der Waals surface area contributed by atoms with Crippen molar-refractivity contribution >= 4 is 79.0 Å². The first-order chi connectivity index (χ1) is 17.3. The van der Waals surface area contributed by atoms with Crippen LogP contribution in [0.25, 0.3) is 17.0 Å². The number of amides is 2. The van der Waals surface area contributed by atoms with E-state index in [4.69, 9.17) is 23.2 Å². The van der Waals surface area contributed by atoms with Crippen LogP contribution in [0.4, 0.5) is 4.79 Å². The van der Waals surface area contributed by atoms with Gasteiger partial charge in [-0.3, -0.25) is 14.5 Å². The molecule has 0 bridgehead atoms. The molecule has 1 saturated heterocycles. The Morgan fingerprint density at radius 3 is 2.42 bits per heavy atom. The van der Waals surface area contributed by atoms with Crippen molar-refractivity contribution < 1.29 is 9.59 Å². The monoisotopic (exact) mass is 598 g/mol. The number of halogens is 3. The Balaban J connectivity index is 1.49. The van der Waals surface area contributed by atoms with Gasteiger partial charge in [-0.1, -0.05) is 82.5 Å². The van der Waals surface area contributed by atoms with Crippen LogP contribution in [0.15, 0.2) is 76.2 Å². The van der Waals surface area contributed by atoms with Crippen LogP contribution in [0.1, 0.15) is 29.2 Å². The van der Waals surface area contributed by atoms with Gasteiger partial charge in [-0.15, -0.1) is 0 Å². The van der Waals surface area contributed by atoms with Crippen LogP contribution in [0.5, 0.6) is 0 Å². The second kappa shape index (κ2) is 10.5. The van der Waals surface area contributed by atoms with E-state index < -0.39 is 0 Å². The smallest absolute Gasteiger partial charge is 0.293 e. The standard InChI is InChI=1S/C28H21BrCl2N2O2S/c1-2-19-4-3-5-22-20(16-32(26(19)22)14-17-6-9-21(29)10-7-17)13-25-27(34)33(28(35)36-25)15-18-8-11-23(30)24(31)12-18/h3-13,16H,2,14-15H2,1H3/b25-13-. The van der Waals surface area contributed by atoms with Crippen molar-refractivity contribution in [2.24, 2.45) is 0 Å². The molecule has 2 heterocycles. The Labute approximate surface area is 232 Å². The molecule has 0 atom stereocenters. The van der Waals surface area contributed by atoms with E-state index in [-0.39, 0.29) is 17.7 Å². The molecule has 3 aromatic carbocycles. The van der Waals surface area contributed by atoms with Crippen molar-refractivity contribution in [3.05, 3.63) is 109 Å². The fraction of sp³-hybridized carbons (Fsp3) is 0.143. The van der Waals surface area contributed by atoms with E-state index >= 15 is 0 Å². The summed E-state index contributed by atoms with van der Waals surface area (Å²) in [5, 5.41) is 1.58. The number of thioether (sulfide) groups is 1. The topological polar surface area (TPSA) is 42.3 Å². The van der Waals surface area contributed by atoms with Crippen LogP contribution in [-0.2, 0) is 24.3 Å². The zero-order valence-corrected chi connectivity index (χ0v) is 23.2. The minimum atomic E-state index is -0.309. The summed E-state index contributed by atoms with van der Waals surface area (Å²) in [4.78, 5) is 27.6. The first kappa shape index (κ1) is 25.2. The summed E-state index contributed by atoms with van der Waals surface area (Å²) >= 11 is 16.6. The first-order valence-electron chi connectivity index (χ1n) is 11.4. The van der Waals surface area contributed by atoms with Gasteiger partial charge in [0.1, 0.15) is 0 Å². The molecule has 4 aromatic rings. The van der Waals surface area contributed by atoms with E-state index in [1.807, 2.05) is 24.3 Å². The van der Waals surface area contributed by atoms with Crippen LogP contribution in [0, 0.1) is 0 Å². The minimum absolute atomic E-state index is 0.143. The molecular formula is C28H21BrCl2N2O2S. The predicted molar refractivity (Wildman–Crippen MR) is 153 cm³/mol. The molecule has 1 aliphatic rings. The Kier molecular flexibility index (Phi) is 7.31. The van der Waals surface area contributed by atoms with E-state index in [1.54, 1.807) is 18.2 Å². The fourth-order valence-corrected chi connectivity index (χ4v) is 5.79. The number of hydrogen-bond donors (Lipinski definition) is 0. The molecule has 0 spiro atoms. The molecule has 4 nitrogen and oxygen atoms in total. The van der Waals surface area contributed by atoms with Gasteiger partial charge in [0, 0.05) is 28.2 Å². The largest absolute Gasteiger partial charge is 0.342 e. The Morgan fingerprint density at radius 1 is 0.944 bits per heavy atom. The van der Waals surface area contributed by atoms with Crippen LogP contribution >= 0.6 is 50.9 Å². The Morgan fingerprint density at radius 2 is 1.69 bits per heavy atom. The van der Waals surface area contributed by atoms with Gasteiger partial charge in [0.25, 0.3) is 11.1 Å². The van der Waals surface area contributed by atoms with Crippen LogP contribution in [-0.4, -0.2) is 20.6 Å². The molecule has 0 N–H and O–H groups in total.